The van der Waals surface area contributed by atoms with Gasteiger partial charge in [-0.25, -0.2) is 0 Å². The van der Waals surface area contributed by atoms with Gasteiger partial charge in [-0.15, -0.1) is 0 Å². The van der Waals surface area contributed by atoms with E-state index in [0.29, 0.717) is 6.04 Å². The first-order valence-electron chi connectivity index (χ1n) is 6.92. The van der Waals surface area contributed by atoms with E-state index in [4.69, 9.17) is 4.74 Å². The van der Waals surface area contributed by atoms with E-state index in [1.54, 1.807) is 0 Å². The SMILES string of the molecule is CN1CCCC(CN(C)CC2COCCN2)C1. The average molecular weight is 241 g/mol. The maximum absolute atomic E-state index is 5.49. The lowest BCUT2D eigenvalue weighted by molar-refractivity contribution is 0.0609. The number of likely N-dealkylation sites (N-methyl/N-ethyl adjacent to an activating group) is 1. The number of hydrogen-bond donors (Lipinski definition) is 1. The molecule has 2 aliphatic rings. The first kappa shape index (κ1) is 13.3. The molecule has 0 radical (unpaired) electrons. The van der Waals surface area contributed by atoms with Gasteiger partial charge in [0, 0.05) is 32.2 Å². The number of ether oxygens (including phenoxy) is 1. The number of likely N-dealkylation sites (tertiary alicyclic amines) is 1. The van der Waals surface area contributed by atoms with Crippen molar-refractivity contribution in [1.82, 2.24) is 15.1 Å². The average Bonchev–Trinajstić information content (AvgIpc) is 2.30. The molecular weight excluding hydrogens is 214 g/mol. The summed E-state index contributed by atoms with van der Waals surface area (Å²) < 4.78 is 5.49. The molecule has 1 N–H and O–H groups in total. The van der Waals surface area contributed by atoms with Crippen molar-refractivity contribution >= 4 is 0 Å². The van der Waals surface area contributed by atoms with Crippen molar-refractivity contribution in [2.24, 2.45) is 5.92 Å². The summed E-state index contributed by atoms with van der Waals surface area (Å²) in [7, 11) is 4.48. The number of nitrogens with one attached hydrogen (secondary N) is 1. The van der Waals surface area contributed by atoms with Crippen LogP contribution in [0.3, 0.4) is 0 Å². The van der Waals surface area contributed by atoms with Gasteiger partial charge in [0.1, 0.15) is 0 Å². The highest BCUT2D eigenvalue weighted by Crippen LogP contribution is 2.15. The summed E-state index contributed by atoms with van der Waals surface area (Å²) in [6, 6.07) is 0.523. The van der Waals surface area contributed by atoms with Gasteiger partial charge in [-0.1, -0.05) is 0 Å². The van der Waals surface area contributed by atoms with Crippen LogP contribution in [0.15, 0.2) is 0 Å². The number of morpholine rings is 1. The molecule has 0 aromatic carbocycles. The predicted molar refractivity (Wildman–Crippen MR) is 70.3 cm³/mol. The Balaban J connectivity index is 1.66. The van der Waals surface area contributed by atoms with E-state index < -0.39 is 0 Å². The summed E-state index contributed by atoms with van der Waals surface area (Å²) in [5.74, 6) is 0.850. The molecule has 0 aliphatic carbocycles. The molecule has 0 amide bonds. The summed E-state index contributed by atoms with van der Waals surface area (Å²) >= 11 is 0. The Morgan fingerprint density at radius 3 is 3.00 bits per heavy atom. The summed E-state index contributed by atoms with van der Waals surface area (Å²) in [5, 5.41) is 3.52. The summed E-state index contributed by atoms with van der Waals surface area (Å²) in [5.41, 5.74) is 0. The zero-order valence-electron chi connectivity index (χ0n) is 11.3. The van der Waals surface area contributed by atoms with Crippen LogP contribution >= 0.6 is 0 Å². The molecule has 100 valence electrons. The Kier molecular flexibility index (Phi) is 5.22. The Hall–Kier alpha value is -0.160. The molecule has 2 rings (SSSR count). The molecule has 0 spiro atoms. The molecular formula is C13H27N3O. The first-order valence-corrected chi connectivity index (χ1v) is 6.92. The van der Waals surface area contributed by atoms with E-state index in [-0.39, 0.29) is 0 Å². The Bertz CT molecular complexity index is 219. The second-order valence-electron chi connectivity index (χ2n) is 5.72. The molecule has 2 atom stereocenters. The maximum atomic E-state index is 5.49. The van der Waals surface area contributed by atoms with Gasteiger partial charge in [-0.05, 0) is 39.4 Å². The fourth-order valence-corrected chi connectivity index (χ4v) is 3.05. The lowest BCUT2D eigenvalue weighted by Gasteiger charge is -2.34. The zero-order chi connectivity index (χ0) is 12.1. The molecule has 2 unspecified atom stereocenters. The van der Waals surface area contributed by atoms with E-state index in [1.807, 2.05) is 0 Å². The molecule has 0 aromatic rings. The van der Waals surface area contributed by atoms with Gasteiger partial charge in [0.05, 0.1) is 13.2 Å². The van der Waals surface area contributed by atoms with Crippen molar-refractivity contribution in [3.8, 4) is 0 Å². The molecule has 2 aliphatic heterocycles. The van der Waals surface area contributed by atoms with Gasteiger partial charge >= 0.3 is 0 Å². The number of hydrogen-bond acceptors (Lipinski definition) is 4. The summed E-state index contributed by atoms with van der Waals surface area (Å²) in [4.78, 5) is 4.93. The lowest BCUT2D eigenvalue weighted by Crippen LogP contribution is -2.49. The fraction of sp³-hybridized carbons (Fsp3) is 1.00. The first-order chi connectivity index (χ1) is 8.24. The third kappa shape index (κ3) is 4.54. The van der Waals surface area contributed by atoms with E-state index in [9.17, 15) is 0 Å². The minimum absolute atomic E-state index is 0.523. The molecule has 0 saturated carbocycles. The highest BCUT2D eigenvalue weighted by Gasteiger charge is 2.20. The maximum Gasteiger partial charge on any atom is 0.0632 e. The van der Waals surface area contributed by atoms with Crippen LogP contribution in [0, 0.1) is 5.92 Å². The van der Waals surface area contributed by atoms with Crippen LogP contribution < -0.4 is 5.32 Å². The predicted octanol–water partition coefficient (Wildman–Crippen LogP) is 0.248. The highest BCUT2D eigenvalue weighted by atomic mass is 16.5. The van der Waals surface area contributed by atoms with Crippen molar-refractivity contribution in [3.63, 3.8) is 0 Å². The minimum Gasteiger partial charge on any atom is -0.378 e. The van der Waals surface area contributed by atoms with E-state index in [1.165, 1.54) is 32.5 Å². The van der Waals surface area contributed by atoms with Gasteiger partial charge in [0.15, 0.2) is 0 Å². The van der Waals surface area contributed by atoms with Gasteiger partial charge < -0.3 is 19.9 Å². The van der Waals surface area contributed by atoms with Gasteiger partial charge in [-0.3, -0.25) is 0 Å². The number of piperidine rings is 1. The van der Waals surface area contributed by atoms with Crippen LogP contribution in [-0.4, -0.2) is 75.9 Å². The van der Waals surface area contributed by atoms with E-state index in [0.717, 1.165) is 32.2 Å². The Labute approximate surface area is 105 Å². The van der Waals surface area contributed by atoms with E-state index >= 15 is 0 Å². The van der Waals surface area contributed by atoms with Crippen molar-refractivity contribution in [2.45, 2.75) is 18.9 Å². The van der Waals surface area contributed by atoms with Gasteiger partial charge in [0.2, 0.25) is 0 Å². The summed E-state index contributed by atoms with van der Waals surface area (Å²) in [6.45, 7) is 7.62. The van der Waals surface area contributed by atoms with Crippen LogP contribution in [0.4, 0.5) is 0 Å². The molecule has 2 heterocycles. The standard InChI is InChI=1S/C13H27N3O/c1-15-6-3-4-12(8-15)9-16(2)10-13-11-17-7-5-14-13/h12-14H,3-11H2,1-2H3. The molecule has 2 saturated heterocycles. The lowest BCUT2D eigenvalue weighted by atomic mass is 9.98. The normalized spacial score (nSPS) is 31.9. The van der Waals surface area contributed by atoms with Crippen LogP contribution in [0.5, 0.6) is 0 Å². The van der Waals surface area contributed by atoms with Crippen LogP contribution in [0.2, 0.25) is 0 Å². The second-order valence-corrected chi connectivity index (χ2v) is 5.72. The Morgan fingerprint density at radius 1 is 1.41 bits per heavy atom. The van der Waals surface area contributed by atoms with Crippen LogP contribution in [0.1, 0.15) is 12.8 Å². The Morgan fingerprint density at radius 2 is 2.29 bits per heavy atom. The molecule has 4 nitrogen and oxygen atoms in total. The van der Waals surface area contributed by atoms with Gasteiger partial charge in [0.25, 0.3) is 0 Å². The number of rotatable bonds is 4. The van der Waals surface area contributed by atoms with Crippen molar-refractivity contribution in [3.05, 3.63) is 0 Å². The topological polar surface area (TPSA) is 27.7 Å². The van der Waals surface area contributed by atoms with Crippen LogP contribution in [0.25, 0.3) is 0 Å². The molecule has 4 heteroatoms. The fourth-order valence-electron chi connectivity index (χ4n) is 3.05. The molecule has 0 bridgehead atoms. The number of nitrogens with zero attached hydrogens (tertiary/aromatic N) is 2. The third-order valence-corrected chi connectivity index (χ3v) is 3.82. The van der Waals surface area contributed by atoms with Gasteiger partial charge in [-0.2, -0.15) is 0 Å². The quantitative estimate of drug-likeness (QED) is 0.763. The van der Waals surface area contributed by atoms with Crippen molar-refractivity contribution in [2.75, 3.05) is 60.0 Å². The zero-order valence-corrected chi connectivity index (χ0v) is 11.3. The molecule has 0 aromatic heterocycles. The second kappa shape index (κ2) is 6.69. The van der Waals surface area contributed by atoms with Crippen molar-refractivity contribution < 1.29 is 4.74 Å². The third-order valence-electron chi connectivity index (χ3n) is 3.82. The monoisotopic (exact) mass is 241 g/mol. The largest absolute Gasteiger partial charge is 0.378 e. The molecule has 17 heavy (non-hydrogen) atoms. The van der Waals surface area contributed by atoms with E-state index in [2.05, 4.69) is 29.2 Å². The van der Waals surface area contributed by atoms with Crippen molar-refractivity contribution in [1.29, 1.82) is 0 Å². The smallest absolute Gasteiger partial charge is 0.0632 e. The molecule has 2 fully saturated rings. The highest BCUT2D eigenvalue weighted by molar-refractivity contribution is 4.77. The van der Waals surface area contributed by atoms with Crippen LogP contribution in [-0.2, 0) is 4.74 Å². The minimum atomic E-state index is 0.523. The summed E-state index contributed by atoms with van der Waals surface area (Å²) in [6.07, 6.45) is 2.75.